The van der Waals surface area contributed by atoms with Crippen LogP contribution in [0.25, 0.3) is 4.85 Å². The molecule has 0 radical (unpaired) electrons. The van der Waals surface area contributed by atoms with E-state index < -0.39 is 5.54 Å². The van der Waals surface area contributed by atoms with Crippen molar-refractivity contribution in [1.82, 2.24) is 9.97 Å². The first-order chi connectivity index (χ1) is 13.5. The smallest absolute Gasteiger partial charge is 0.255 e. The Hall–Kier alpha value is -3.96. The summed E-state index contributed by atoms with van der Waals surface area (Å²) in [5.41, 5.74) is 2.20. The molecule has 5 nitrogen and oxygen atoms in total. The minimum absolute atomic E-state index is 0.225. The quantitative estimate of drug-likeness (QED) is 0.556. The number of carbonyl (C=O) groups excluding carboxylic acids is 1. The van der Waals surface area contributed by atoms with E-state index in [1.54, 1.807) is 48.8 Å². The van der Waals surface area contributed by atoms with Gasteiger partial charge in [0.2, 0.25) is 5.82 Å². The van der Waals surface area contributed by atoms with Gasteiger partial charge in [0.05, 0.1) is 0 Å². The largest absolute Gasteiger partial charge is 0.322 e. The van der Waals surface area contributed by atoms with Crippen molar-refractivity contribution in [2.75, 3.05) is 5.32 Å². The molecule has 0 bridgehead atoms. The van der Waals surface area contributed by atoms with Crippen LogP contribution in [0, 0.1) is 18.4 Å². The van der Waals surface area contributed by atoms with Crippen LogP contribution in [0.3, 0.4) is 0 Å². The lowest BCUT2D eigenvalue weighted by atomic mass is 9.95. The summed E-state index contributed by atoms with van der Waals surface area (Å²) in [7, 11) is 0. The molecule has 5 heteroatoms. The summed E-state index contributed by atoms with van der Waals surface area (Å²) >= 11 is 0. The fraction of sp³-hybridized carbons (Fsp3) is 0.130. The Morgan fingerprint density at radius 3 is 2.43 bits per heavy atom. The molecule has 0 aliphatic carbocycles. The molecule has 0 fully saturated rings. The minimum Gasteiger partial charge on any atom is -0.322 e. The first kappa shape index (κ1) is 18.8. The molecule has 3 aromatic rings. The van der Waals surface area contributed by atoms with Crippen molar-refractivity contribution in [2.45, 2.75) is 19.4 Å². The first-order valence-electron chi connectivity index (χ1n) is 8.67. The maximum Gasteiger partial charge on any atom is 0.255 e. The first-order valence-corrected chi connectivity index (χ1v) is 8.67. The topological polar surface area (TPSA) is 59.2 Å². The predicted molar refractivity (Wildman–Crippen MR) is 108 cm³/mol. The summed E-state index contributed by atoms with van der Waals surface area (Å²) in [5, 5.41) is 2.87. The average molecular weight is 366 g/mol. The molecule has 1 N–H and O–H groups in total. The third-order valence-corrected chi connectivity index (χ3v) is 4.14. The zero-order chi connectivity index (χ0) is 20.0. The number of hydrogen-bond acceptors (Lipinski definition) is 3. The fourth-order valence-corrected chi connectivity index (χ4v) is 2.46. The summed E-state index contributed by atoms with van der Waals surface area (Å²) < 4.78 is 0. The van der Waals surface area contributed by atoms with E-state index in [9.17, 15) is 4.79 Å². The average Bonchev–Trinajstić information content (AvgIpc) is 2.73. The van der Waals surface area contributed by atoms with Crippen molar-refractivity contribution < 1.29 is 4.79 Å². The zero-order valence-corrected chi connectivity index (χ0v) is 15.6. The highest BCUT2D eigenvalue weighted by atomic mass is 16.1. The van der Waals surface area contributed by atoms with Crippen LogP contribution >= 0.6 is 0 Å². The van der Waals surface area contributed by atoms with E-state index in [0.717, 1.165) is 5.56 Å². The van der Waals surface area contributed by atoms with Gasteiger partial charge < -0.3 is 10.2 Å². The van der Waals surface area contributed by atoms with Gasteiger partial charge in [0, 0.05) is 48.6 Å². The number of nitrogens with zero attached hydrogens (tertiary/aromatic N) is 3. The molecule has 1 heterocycles. The second-order valence-corrected chi connectivity index (χ2v) is 6.61. The van der Waals surface area contributed by atoms with Crippen molar-refractivity contribution in [2.24, 2.45) is 0 Å². The van der Waals surface area contributed by atoms with Crippen LogP contribution < -0.4 is 5.32 Å². The maximum atomic E-state index is 12.5. The lowest BCUT2D eigenvalue weighted by Crippen LogP contribution is -2.13. The van der Waals surface area contributed by atoms with Crippen LogP contribution in [0.2, 0.25) is 0 Å². The number of amides is 1. The normalized spacial score (nSPS) is 10.3. The molecule has 1 aromatic heterocycles. The monoisotopic (exact) mass is 366 g/mol. The number of carbonyl (C=O) groups is 1. The standard InChI is InChI=1S/C23H18N4O/c1-23(2,24-3)19-9-11-20(12-10-19)27-22(28)18-7-4-6-17(16-18)8-13-21-25-14-5-15-26-21/h4-7,9-12,14-16H,1-2H3,(H,27,28). The highest BCUT2D eigenvalue weighted by molar-refractivity contribution is 6.04. The Morgan fingerprint density at radius 2 is 1.75 bits per heavy atom. The van der Waals surface area contributed by atoms with Gasteiger partial charge in [0.15, 0.2) is 0 Å². The Kier molecular flexibility index (Phi) is 5.48. The minimum atomic E-state index is -0.585. The number of benzene rings is 2. The zero-order valence-electron chi connectivity index (χ0n) is 15.6. The van der Waals surface area contributed by atoms with Gasteiger partial charge in [-0.05, 0) is 54.5 Å². The van der Waals surface area contributed by atoms with Crippen LogP contribution in [0.5, 0.6) is 0 Å². The third-order valence-electron chi connectivity index (χ3n) is 4.14. The summed E-state index contributed by atoms with van der Waals surface area (Å²) in [5.74, 6) is 6.05. The van der Waals surface area contributed by atoms with Crippen molar-refractivity contribution in [1.29, 1.82) is 0 Å². The lowest BCUT2D eigenvalue weighted by Gasteiger charge is -2.12. The van der Waals surface area contributed by atoms with Gasteiger partial charge in [0.25, 0.3) is 11.4 Å². The predicted octanol–water partition coefficient (Wildman–Crippen LogP) is 4.28. The van der Waals surface area contributed by atoms with Gasteiger partial charge in [-0.25, -0.2) is 16.5 Å². The molecule has 2 aromatic carbocycles. The van der Waals surface area contributed by atoms with Gasteiger partial charge in [-0.2, -0.15) is 0 Å². The SMILES string of the molecule is [C-]#[N+]C(C)(C)c1ccc(NC(=O)c2cccc(C#Cc3ncccn3)c2)cc1. The molecule has 0 aliphatic heterocycles. The van der Waals surface area contributed by atoms with Crippen LogP contribution in [-0.2, 0) is 5.54 Å². The summed E-state index contributed by atoms with van der Waals surface area (Å²) in [6, 6.07) is 16.1. The highest BCUT2D eigenvalue weighted by Crippen LogP contribution is 2.25. The van der Waals surface area contributed by atoms with Crippen molar-refractivity contribution in [3.8, 4) is 11.8 Å². The molecule has 0 saturated heterocycles. The Balaban J connectivity index is 1.73. The van der Waals surface area contributed by atoms with Crippen LogP contribution in [0.4, 0.5) is 5.69 Å². The fourth-order valence-electron chi connectivity index (χ4n) is 2.46. The second-order valence-electron chi connectivity index (χ2n) is 6.61. The van der Waals surface area contributed by atoms with Crippen molar-refractivity contribution >= 4 is 11.6 Å². The van der Waals surface area contributed by atoms with E-state index in [-0.39, 0.29) is 5.91 Å². The van der Waals surface area contributed by atoms with E-state index in [1.165, 1.54) is 0 Å². The lowest BCUT2D eigenvalue weighted by molar-refractivity contribution is 0.102. The van der Waals surface area contributed by atoms with Gasteiger partial charge in [-0.15, -0.1) is 0 Å². The Bertz CT molecular complexity index is 1090. The molecule has 28 heavy (non-hydrogen) atoms. The number of hydrogen-bond donors (Lipinski definition) is 1. The molecular formula is C23H18N4O. The van der Waals surface area contributed by atoms with E-state index >= 15 is 0 Å². The number of aromatic nitrogens is 2. The van der Waals surface area contributed by atoms with Crippen molar-refractivity contribution in [3.63, 3.8) is 0 Å². The van der Waals surface area contributed by atoms with Gasteiger partial charge in [0.1, 0.15) is 0 Å². The molecule has 0 atom stereocenters. The maximum absolute atomic E-state index is 12.5. The van der Waals surface area contributed by atoms with Crippen LogP contribution in [0.1, 0.15) is 41.2 Å². The molecule has 0 spiro atoms. The highest BCUT2D eigenvalue weighted by Gasteiger charge is 2.25. The molecular weight excluding hydrogens is 348 g/mol. The van der Waals surface area contributed by atoms with Crippen LogP contribution in [-0.4, -0.2) is 15.9 Å². The summed E-state index contributed by atoms with van der Waals surface area (Å²) in [4.78, 5) is 24.3. The second kappa shape index (κ2) is 8.16. The molecule has 136 valence electrons. The van der Waals surface area contributed by atoms with Crippen molar-refractivity contribution in [3.05, 3.63) is 101 Å². The van der Waals surface area contributed by atoms with Gasteiger partial charge in [-0.1, -0.05) is 12.0 Å². The molecule has 0 saturated carbocycles. The number of rotatable bonds is 3. The molecule has 0 aliphatic rings. The Labute approximate surface area is 164 Å². The van der Waals surface area contributed by atoms with Gasteiger partial charge >= 0.3 is 0 Å². The Morgan fingerprint density at radius 1 is 1.04 bits per heavy atom. The summed E-state index contributed by atoms with van der Waals surface area (Å²) in [6.07, 6.45) is 3.26. The summed E-state index contributed by atoms with van der Waals surface area (Å²) in [6.45, 7) is 11.0. The van der Waals surface area contributed by atoms with Gasteiger partial charge in [-0.3, -0.25) is 4.79 Å². The van der Waals surface area contributed by atoms with E-state index in [2.05, 4.69) is 32.0 Å². The molecule has 3 rings (SSSR count). The number of nitrogens with one attached hydrogen (secondary N) is 1. The third kappa shape index (κ3) is 4.60. The molecule has 1 amide bonds. The van der Waals surface area contributed by atoms with Crippen LogP contribution in [0.15, 0.2) is 67.0 Å². The van der Waals surface area contributed by atoms with E-state index in [0.29, 0.717) is 22.6 Å². The van der Waals surface area contributed by atoms with E-state index in [1.807, 2.05) is 32.0 Å². The molecule has 0 unspecified atom stereocenters. The van der Waals surface area contributed by atoms with E-state index in [4.69, 9.17) is 6.57 Å². The number of anilines is 1.